The van der Waals surface area contributed by atoms with E-state index < -0.39 is 0 Å². The molecule has 3 fully saturated rings. The van der Waals surface area contributed by atoms with Gasteiger partial charge in [0.1, 0.15) is 11.3 Å². The third kappa shape index (κ3) is 2.70. The van der Waals surface area contributed by atoms with Crippen molar-refractivity contribution in [1.82, 2.24) is 10.2 Å². The van der Waals surface area contributed by atoms with Crippen molar-refractivity contribution >= 4 is 16.9 Å². The van der Waals surface area contributed by atoms with E-state index in [1.807, 2.05) is 19.1 Å². The largest absolute Gasteiger partial charge is 0.493 e. The van der Waals surface area contributed by atoms with Crippen molar-refractivity contribution in [1.29, 1.82) is 0 Å². The SMILES string of the molecule is CCOc1cc(C(=O)NC2CN3CCC2CC3)cc2occc12. The van der Waals surface area contributed by atoms with Gasteiger partial charge in [-0.3, -0.25) is 4.79 Å². The molecule has 1 aromatic heterocycles. The maximum Gasteiger partial charge on any atom is 0.251 e. The first-order chi connectivity index (χ1) is 11.2. The van der Waals surface area contributed by atoms with Gasteiger partial charge in [-0.2, -0.15) is 0 Å². The molecule has 1 unspecified atom stereocenters. The van der Waals surface area contributed by atoms with E-state index in [0.29, 0.717) is 29.4 Å². The van der Waals surface area contributed by atoms with Crippen LogP contribution < -0.4 is 10.1 Å². The number of ether oxygens (including phenoxy) is 1. The van der Waals surface area contributed by atoms with Crippen LogP contribution in [0.1, 0.15) is 30.1 Å². The lowest BCUT2D eigenvalue weighted by Gasteiger charge is -2.44. The highest BCUT2D eigenvalue weighted by molar-refractivity contribution is 5.99. The Hall–Kier alpha value is -2.01. The van der Waals surface area contributed by atoms with Gasteiger partial charge in [0.25, 0.3) is 5.91 Å². The van der Waals surface area contributed by atoms with Crippen molar-refractivity contribution in [2.75, 3.05) is 26.2 Å². The highest BCUT2D eigenvalue weighted by atomic mass is 16.5. The van der Waals surface area contributed by atoms with Gasteiger partial charge in [-0.15, -0.1) is 0 Å². The van der Waals surface area contributed by atoms with Crippen molar-refractivity contribution in [2.45, 2.75) is 25.8 Å². The molecule has 1 N–H and O–H groups in total. The van der Waals surface area contributed by atoms with Gasteiger partial charge in [0.15, 0.2) is 0 Å². The summed E-state index contributed by atoms with van der Waals surface area (Å²) in [6, 6.07) is 5.75. The van der Waals surface area contributed by atoms with Crippen LogP contribution in [0.2, 0.25) is 0 Å². The number of furan rings is 1. The summed E-state index contributed by atoms with van der Waals surface area (Å²) in [6.07, 6.45) is 4.00. The predicted octanol–water partition coefficient (Wildman–Crippen LogP) is 2.66. The number of hydrogen-bond acceptors (Lipinski definition) is 4. The number of carbonyl (C=O) groups excluding carboxylic acids is 1. The fraction of sp³-hybridized carbons (Fsp3) is 0.500. The summed E-state index contributed by atoms with van der Waals surface area (Å²) in [5, 5.41) is 4.12. The number of hydrogen-bond donors (Lipinski definition) is 1. The summed E-state index contributed by atoms with van der Waals surface area (Å²) >= 11 is 0. The van der Waals surface area contributed by atoms with Crippen LogP contribution in [0.4, 0.5) is 0 Å². The number of piperidine rings is 3. The van der Waals surface area contributed by atoms with E-state index in [2.05, 4.69) is 10.2 Å². The first-order valence-electron chi connectivity index (χ1n) is 8.42. The molecule has 5 heteroatoms. The Morgan fingerprint density at radius 3 is 2.91 bits per heavy atom. The van der Waals surface area contributed by atoms with Gasteiger partial charge in [-0.25, -0.2) is 0 Å². The normalized spacial score (nSPS) is 26.4. The van der Waals surface area contributed by atoms with Gasteiger partial charge in [0.2, 0.25) is 0 Å². The maximum atomic E-state index is 12.7. The lowest BCUT2D eigenvalue weighted by atomic mass is 9.84. The zero-order valence-corrected chi connectivity index (χ0v) is 13.4. The minimum absolute atomic E-state index is 0.0389. The Kier molecular flexibility index (Phi) is 3.73. The zero-order valence-electron chi connectivity index (χ0n) is 13.4. The molecule has 1 amide bonds. The average Bonchev–Trinajstić information content (AvgIpc) is 3.05. The molecule has 5 rings (SSSR count). The number of carbonyl (C=O) groups is 1. The number of benzene rings is 1. The number of rotatable bonds is 4. The third-order valence-electron chi connectivity index (χ3n) is 5.07. The van der Waals surface area contributed by atoms with Crippen LogP contribution in [0.3, 0.4) is 0 Å². The highest BCUT2D eigenvalue weighted by Crippen LogP contribution is 2.30. The first-order valence-corrected chi connectivity index (χ1v) is 8.42. The second-order valence-corrected chi connectivity index (χ2v) is 6.46. The van der Waals surface area contributed by atoms with E-state index in [0.717, 1.165) is 11.9 Å². The minimum Gasteiger partial charge on any atom is -0.493 e. The molecule has 2 bridgehead atoms. The lowest BCUT2D eigenvalue weighted by Crippen LogP contribution is -2.57. The molecule has 3 saturated heterocycles. The molecule has 2 aromatic rings. The first kappa shape index (κ1) is 14.6. The van der Waals surface area contributed by atoms with Crippen LogP contribution >= 0.6 is 0 Å². The van der Waals surface area contributed by atoms with Crippen molar-refractivity contribution < 1.29 is 13.9 Å². The summed E-state index contributed by atoms with van der Waals surface area (Å²) in [5.74, 6) is 1.28. The Balaban J connectivity index is 1.57. The minimum atomic E-state index is -0.0389. The average molecular weight is 314 g/mol. The van der Waals surface area contributed by atoms with Crippen molar-refractivity contribution in [3.63, 3.8) is 0 Å². The topological polar surface area (TPSA) is 54.7 Å². The van der Waals surface area contributed by atoms with Crippen molar-refractivity contribution in [3.8, 4) is 5.75 Å². The van der Waals surface area contributed by atoms with E-state index in [4.69, 9.17) is 9.15 Å². The number of fused-ring (bicyclic) bond motifs is 4. The van der Waals surface area contributed by atoms with Crippen molar-refractivity contribution in [2.24, 2.45) is 5.92 Å². The lowest BCUT2D eigenvalue weighted by molar-refractivity contribution is 0.0620. The predicted molar refractivity (Wildman–Crippen MR) is 87.8 cm³/mol. The molecular formula is C18H22N2O3. The van der Waals surface area contributed by atoms with Crippen molar-refractivity contribution in [3.05, 3.63) is 30.0 Å². The molecular weight excluding hydrogens is 292 g/mol. The number of amides is 1. The Morgan fingerprint density at radius 2 is 2.22 bits per heavy atom. The molecule has 23 heavy (non-hydrogen) atoms. The summed E-state index contributed by atoms with van der Waals surface area (Å²) in [7, 11) is 0. The van der Waals surface area contributed by atoms with E-state index in [1.54, 1.807) is 12.3 Å². The molecule has 1 atom stereocenters. The van der Waals surface area contributed by atoms with Gasteiger partial charge in [-0.1, -0.05) is 0 Å². The molecule has 3 aliphatic rings. The van der Waals surface area contributed by atoms with E-state index in [9.17, 15) is 4.79 Å². The third-order valence-corrected chi connectivity index (χ3v) is 5.07. The van der Waals surface area contributed by atoms with Gasteiger partial charge in [0.05, 0.1) is 18.3 Å². The smallest absolute Gasteiger partial charge is 0.251 e. The summed E-state index contributed by atoms with van der Waals surface area (Å²) in [4.78, 5) is 15.1. The Bertz CT molecular complexity index is 716. The second kappa shape index (κ2) is 5.89. The maximum absolute atomic E-state index is 12.7. The monoisotopic (exact) mass is 314 g/mol. The van der Waals surface area contributed by atoms with Crippen LogP contribution in [0.25, 0.3) is 11.0 Å². The molecule has 4 heterocycles. The van der Waals surface area contributed by atoms with E-state index in [1.165, 1.54) is 25.9 Å². The number of nitrogens with one attached hydrogen (secondary N) is 1. The highest BCUT2D eigenvalue weighted by Gasteiger charge is 2.35. The summed E-state index contributed by atoms with van der Waals surface area (Å²) in [5.41, 5.74) is 1.29. The molecule has 3 aliphatic heterocycles. The molecule has 0 saturated carbocycles. The molecule has 0 aliphatic carbocycles. The van der Waals surface area contributed by atoms with E-state index >= 15 is 0 Å². The zero-order chi connectivity index (χ0) is 15.8. The van der Waals surface area contributed by atoms with Crippen LogP contribution in [0, 0.1) is 5.92 Å². The van der Waals surface area contributed by atoms with Gasteiger partial charge in [0, 0.05) is 18.2 Å². The fourth-order valence-electron chi connectivity index (χ4n) is 3.82. The molecule has 1 aromatic carbocycles. The Labute approximate surface area is 135 Å². The van der Waals surface area contributed by atoms with Gasteiger partial charge < -0.3 is 19.4 Å². The molecule has 0 spiro atoms. The standard InChI is InChI=1S/C18H22N2O3/c1-2-22-16-9-13(10-17-14(16)5-8-23-17)18(21)19-15-11-20-6-3-12(15)4-7-20/h5,8-10,12,15H,2-4,6-7,11H2,1H3,(H,19,21). The van der Waals surface area contributed by atoms with E-state index in [-0.39, 0.29) is 11.9 Å². The fourth-order valence-corrected chi connectivity index (χ4v) is 3.82. The molecule has 5 nitrogen and oxygen atoms in total. The van der Waals surface area contributed by atoms with Gasteiger partial charge in [-0.05, 0) is 57.0 Å². The summed E-state index contributed by atoms with van der Waals surface area (Å²) in [6.45, 7) is 5.81. The quantitative estimate of drug-likeness (QED) is 0.942. The van der Waals surface area contributed by atoms with Crippen LogP contribution in [-0.4, -0.2) is 43.1 Å². The van der Waals surface area contributed by atoms with Crippen LogP contribution in [0.15, 0.2) is 28.9 Å². The number of nitrogens with zero attached hydrogens (tertiary/aromatic N) is 1. The summed E-state index contributed by atoms with van der Waals surface area (Å²) < 4.78 is 11.1. The molecule has 0 radical (unpaired) electrons. The van der Waals surface area contributed by atoms with Crippen LogP contribution in [0.5, 0.6) is 5.75 Å². The second-order valence-electron chi connectivity index (χ2n) is 6.46. The van der Waals surface area contributed by atoms with Gasteiger partial charge >= 0.3 is 0 Å². The molecule has 122 valence electrons. The Morgan fingerprint density at radius 1 is 1.39 bits per heavy atom. The van der Waals surface area contributed by atoms with Crippen LogP contribution in [-0.2, 0) is 0 Å².